The first-order valence-electron chi connectivity index (χ1n) is 7.79. The summed E-state index contributed by atoms with van der Waals surface area (Å²) in [4.78, 5) is 12.3. The number of nitrogens with one attached hydrogen (secondary N) is 2. The molecule has 0 aliphatic carbocycles. The van der Waals surface area contributed by atoms with Crippen LogP contribution in [0.15, 0.2) is 77.7 Å². The van der Waals surface area contributed by atoms with Crippen LogP contribution in [0.2, 0.25) is 10.0 Å². The zero-order chi connectivity index (χ0) is 19.4. The molecule has 0 fully saturated rings. The van der Waals surface area contributed by atoms with Crippen LogP contribution in [0.4, 0.5) is 11.4 Å². The van der Waals surface area contributed by atoms with Crippen LogP contribution in [0, 0.1) is 0 Å². The van der Waals surface area contributed by atoms with E-state index >= 15 is 0 Å². The summed E-state index contributed by atoms with van der Waals surface area (Å²) in [5, 5.41) is 3.57. The van der Waals surface area contributed by atoms with E-state index < -0.39 is 10.0 Å². The fourth-order valence-electron chi connectivity index (χ4n) is 2.27. The highest BCUT2D eigenvalue weighted by Gasteiger charge is 2.16. The van der Waals surface area contributed by atoms with E-state index in [9.17, 15) is 13.2 Å². The van der Waals surface area contributed by atoms with Crippen LogP contribution >= 0.6 is 23.2 Å². The molecule has 0 saturated carbocycles. The second kappa shape index (κ2) is 8.00. The quantitative estimate of drug-likeness (QED) is 0.606. The molecule has 8 heteroatoms. The van der Waals surface area contributed by atoms with Crippen molar-refractivity contribution in [3.8, 4) is 0 Å². The van der Waals surface area contributed by atoms with Crippen molar-refractivity contribution in [3.63, 3.8) is 0 Å². The lowest BCUT2D eigenvalue weighted by Gasteiger charge is -2.10. The summed E-state index contributed by atoms with van der Waals surface area (Å²) in [6.07, 6.45) is 0. The molecule has 3 aromatic carbocycles. The summed E-state index contributed by atoms with van der Waals surface area (Å²) < 4.78 is 27.4. The van der Waals surface area contributed by atoms with Crippen molar-refractivity contribution in [2.45, 2.75) is 4.90 Å². The number of hydrogen-bond donors (Lipinski definition) is 2. The maximum absolute atomic E-state index is 12.5. The minimum absolute atomic E-state index is 0.0189. The van der Waals surface area contributed by atoms with Crippen LogP contribution in [-0.2, 0) is 10.0 Å². The molecule has 27 heavy (non-hydrogen) atoms. The van der Waals surface area contributed by atoms with Gasteiger partial charge in [0.05, 0.1) is 15.6 Å². The molecule has 0 saturated heterocycles. The van der Waals surface area contributed by atoms with E-state index in [2.05, 4.69) is 10.0 Å². The predicted octanol–water partition coefficient (Wildman–Crippen LogP) is 5.05. The number of sulfonamides is 1. The second-order valence-corrected chi connectivity index (χ2v) is 8.10. The van der Waals surface area contributed by atoms with Crippen LogP contribution < -0.4 is 10.0 Å². The van der Waals surface area contributed by atoms with Gasteiger partial charge in [0.25, 0.3) is 15.9 Å². The molecule has 0 bridgehead atoms. The molecule has 3 rings (SSSR count). The predicted molar refractivity (Wildman–Crippen MR) is 108 cm³/mol. The normalized spacial score (nSPS) is 11.0. The van der Waals surface area contributed by atoms with Crippen molar-refractivity contribution >= 4 is 50.5 Å². The summed E-state index contributed by atoms with van der Waals surface area (Å²) in [6, 6.07) is 18.8. The standard InChI is InChI=1S/C19H14Cl2N2O3S/c20-14-7-9-15(10-8-14)22-19(24)13-5-11-16(12-6-13)27(25,26)23-18-4-2-1-3-17(18)21/h1-12,23H,(H,22,24). The van der Waals surface area contributed by atoms with Gasteiger partial charge in [-0.3, -0.25) is 9.52 Å². The number of amides is 1. The number of carbonyl (C=O) groups excluding carboxylic acids is 1. The lowest BCUT2D eigenvalue weighted by molar-refractivity contribution is 0.102. The van der Waals surface area contributed by atoms with Gasteiger partial charge in [0.15, 0.2) is 0 Å². The van der Waals surface area contributed by atoms with E-state index in [0.29, 0.717) is 21.3 Å². The molecular formula is C19H14Cl2N2O3S. The van der Waals surface area contributed by atoms with Crippen molar-refractivity contribution in [1.82, 2.24) is 0 Å². The zero-order valence-electron chi connectivity index (χ0n) is 13.8. The highest BCUT2D eigenvalue weighted by molar-refractivity contribution is 7.92. The van der Waals surface area contributed by atoms with Crippen molar-refractivity contribution < 1.29 is 13.2 Å². The third kappa shape index (κ3) is 4.80. The average molecular weight is 421 g/mol. The third-order valence-corrected chi connectivity index (χ3v) is 5.61. The first kappa shape index (κ1) is 19.2. The Balaban J connectivity index is 1.75. The molecule has 0 atom stereocenters. The van der Waals surface area contributed by atoms with Gasteiger partial charge in [-0.25, -0.2) is 8.42 Å². The van der Waals surface area contributed by atoms with Crippen LogP contribution in [0.3, 0.4) is 0 Å². The minimum Gasteiger partial charge on any atom is -0.322 e. The Morgan fingerprint density at radius 1 is 0.815 bits per heavy atom. The number of hydrogen-bond acceptors (Lipinski definition) is 3. The Kier molecular flexibility index (Phi) is 5.70. The Morgan fingerprint density at radius 3 is 2.07 bits per heavy atom. The fraction of sp³-hybridized carbons (Fsp3) is 0. The number of benzene rings is 3. The monoisotopic (exact) mass is 420 g/mol. The summed E-state index contributed by atoms with van der Waals surface area (Å²) in [5.74, 6) is -0.361. The lowest BCUT2D eigenvalue weighted by Crippen LogP contribution is -2.15. The highest BCUT2D eigenvalue weighted by Crippen LogP contribution is 2.24. The first-order chi connectivity index (χ1) is 12.8. The fourth-order valence-corrected chi connectivity index (χ4v) is 3.71. The Morgan fingerprint density at radius 2 is 1.44 bits per heavy atom. The van der Waals surface area contributed by atoms with Crippen LogP contribution in [0.1, 0.15) is 10.4 Å². The molecule has 1 amide bonds. The van der Waals surface area contributed by atoms with Gasteiger partial charge >= 0.3 is 0 Å². The van der Waals surface area contributed by atoms with E-state index in [1.807, 2.05) is 0 Å². The molecule has 0 aromatic heterocycles. The molecule has 0 aliphatic rings. The van der Waals surface area contributed by atoms with E-state index in [-0.39, 0.29) is 16.5 Å². The Bertz CT molecular complexity index is 1070. The van der Waals surface area contributed by atoms with Crippen LogP contribution in [0.5, 0.6) is 0 Å². The van der Waals surface area contributed by atoms with Gasteiger partial charge in [0, 0.05) is 16.3 Å². The smallest absolute Gasteiger partial charge is 0.261 e. The van der Waals surface area contributed by atoms with Crippen LogP contribution in [0.25, 0.3) is 0 Å². The van der Waals surface area contributed by atoms with Crippen molar-refractivity contribution in [1.29, 1.82) is 0 Å². The molecular weight excluding hydrogens is 407 g/mol. The van der Waals surface area contributed by atoms with Gasteiger partial charge in [0.1, 0.15) is 0 Å². The summed E-state index contributed by atoms with van der Waals surface area (Å²) in [5.41, 5.74) is 1.19. The van der Waals surface area contributed by atoms with Crippen molar-refractivity contribution in [2.24, 2.45) is 0 Å². The number of anilines is 2. The topological polar surface area (TPSA) is 75.3 Å². The number of halogens is 2. The first-order valence-corrected chi connectivity index (χ1v) is 10.0. The molecule has 3 aromatic rings. The van der Waals surface area contributed by atoms with Gasteiger partial charge < -0.3 is 5.32 Å². The van der Waals surface area contributed by atoms with Gasteiger partial charge in [-0.15, -0.1) is 0 Å². The maximum atomic E-state index is 12.5. The third-order valence-electron chi connectivity index (χ3n) is 3.65. The summed E-state index contributed by atoms with van der Waals surface area (Å²) in [6.45, 7) is 0. The zero-order valence-corrected chi connectivity index (χ0v) is 16.1. The van der Waals surface area contributed by atoms with Gasteiger partial charge in [0.2, 0.25) is 0 Å². The van der Waals surface area contributed by atoms with Gasteiger partial charge in [-0.05, 0) is 60.7 Å². The summed E-state index contributed by atoms with van der Waals surface area (Å²) in [7, 11) is -3.82. The largest absolute Gasteiger partial charge is 0.322 e. The van der Waals surface area contributed by atoms with E-state index in [1.165, 1.54) is 24.3 Å². The molecule has 2 N–H and O–H groups in total. The number of rotatable bonds is 5. The number of para-hydroxylation sites is 1. The molecule has 0 spiro atoms. The average Bonchev–Trinajstić information content (AvgIpc) is 2.65. The molecule has 0 radical (unpaired) electrons. The van der Waals surface area contributed by atoms with E-state index in [1.54, 1.807) is 48.5 Å². The molecule has 138 valence electrons. The number of carbonyl (C=O) groups is 1. The van der Waals surface area contributed by atoms with E-state index in [4.69, 9.17) is 23.2 Å². The van der Waals surface area contributed by atoms with Crippen LogP contribution in [-0.4, -0.2) is 14.3 Å². The molecule has 0 heterocycles. The van der Waals surface area contributed by atoms with E-state index in [0.717, 1.165) is 0 Å². The maximum Gasteiger partial charge on any atom is 0.261 e. The Hall–Kier alpha value is -2.54. The molecule has 5 nitrogen and oxygen atoms in total. The van der Waals surface area contributed by atoms with Gasteiger partial charge in [-0.2, -0.15) is 0 Å². The minimum atomic E-state index is -3.82. The van der Waals surface area contributed by atoms with Crippen molar-refractivity contribution in [3.05, 3.63) is 88.4 Å². The van der Waals surface area contributed by atoms with Crippen molar-refractivity contribution in [2.75, 3.05) is 10.0 Å². The highest BCUT2D eigenvalue weighted by atomic mass is 35.5. The molecule has 0 aliphatic heterocycles. The lowest BCUT2D eigenvalue weighted by atomic mass is 10.2. The van der Waals surface area contributed by atoms with Gasteiger partial charge in [-0.1, -0.05) is 35.3 Å². The summed E-state index contributed by atoms with van der Waals surface area (Å²) >= 11 is 11.8. The second-order valence-electron chi connectivity index (χ2n) is 5.57. The molecule has 0 unspecified atom stereocenters. The Labute approximate surface area is 167 Å². The SMILES string of the molecule is O=C(Nc1ccc(Cl)cc1)c1ccc(S(=O)(=O)Nc2ccccc2Cl)cc1.